The highest BCUT2D eigenvalue weighted by Crippen LogP contribution is 2.01. The molecular formula is C10H20N4O2. The first kappa shape index (κ1) is 12.9. The molecule has 2 amide bonds. The van der Waals surface area contributed by atoms with Crippen LogP contribution in [0, 0.1) is 0 Å². The fourth-order valence-corrected chi connectivity index (χ4v) is 1.65. The molecule has 3 N–H and O–H groups in total. The number of hydrogen-bond donors (Lipinski definition) is 2. The summed E-state index contributed by atoms with van der Waals surface area (Å²) in [6.07, 6.45) is 0.909. The van der Waals surface area contributed by atoms with E-state index in [1.807, 2.05) is 4.90 Å². The number of carbonyl (C=O) groups is 2. The van der Waals surface area contributed by atoms with Crippen LogP contribution in [0.1, 0.15) is 6.42 Å². The maximum absolute atomic E-state index is 11.6. The van der Waals surface area contributed by atoms with Crippen molar-refractivity contribution in [1.82, 2.24) is 15.1 Å². The zero-order chi connectivity index (χ0) is 12.0. The Morgan fingerprint density at radius 1 is 1.50 bits per heavy atom. The normalized spacial score (nSPS) is 18.4. The van der Waals surface area contributed by atoms with E-state index in [4.69, 9.17) is 5.73 Å². The number of amides is 2. The third kappa shape index (κ3) is 4.16. The van der Waals surface area contributed by atoms with Crippen molar-refractivity contribution in [3.05, 3.63) is 0 Å². The van der Waals surface area contributed by atoms with Crippen molar-refractivity contribution in [2.75, 3.05) is 46.3 Å². The lowest BCUT2D eigenvalue weighted by molar-refractivity contribution is -0.130. The quantitative estimate of drug-likeness (QED) is 0.596. The molecule has 1 aliphatic heterocycles. The van der Waals surface area contributed by atoms with Crippen LogP contribution >= 0.6 is 0 Å². The lowest BCUT2D eigenvalue weighted by Gasteiger charge is -2.18. The zero-order valence-corrected chi connectivity index (χ0v) is 9.74. The predicted octanol–water partition coefficient (Wildman–Crippen LogP) is -1.77. The van der Waals surface area contributed by atoms with Gasteiger partial charge in [0, 0.05) is 33.2 Å². The lowest BCUT2D eigenvalue weighted by atomic mass is 10.4. The maximum atomic E-state index is 11.6. The van der Waals surface area contributed by atoms with Crippen LogP contribution in [-0.4, -0.2) is 67.9 Å². The Morgan fingerprint density at radius 2 is 2.25 bits per heavy atom. The van der Waals surface area contributed by atoms with E-state index < -0.39 is 0 Å². The summed E-state index contributed by atoms with van der Waals surface area (Å²) in [6, 6.07) is 0. The second-order valence-corrected chi connectivity index (χ2v) is 4.02. The van der Waals surface area contributed by atoms with E-state index >= 15 is 0 Å². The van der Waals surface area contributed by atoms with E-state index in [2.05, 4.69) is 5.32 Å². The molecule has 1 saturated heterocycles. The van der Waals surface area contributed by atoms with Crippen molar-refractivity contribution >= 4 is 11.8 Å². The molecule has 1 rings (SSSR count). The monoisotopic (exact) mass is 228 g/mol. The first-order valence-corrected chi connectivity index (χ1v) is 5.56. The van der Waals surface area contributed by atoms with Gasteiger partial charge in [0.15, 0.2) is 0 Å². The largest absolute Gasteiger partial charge is 0.354 e. The predicted molar refractivity (Wildman–Crippen MR) is 60.8 cm³/mol. The van der Waals surface area contributed by atoms with Gasteiger partial charge in [0.1, 0.15) is 0 Å². The molecule has 6 heteroatoms. The number of nitrogens with zero attached hydrogens (tertiary/aromatic N) is 2. The van der Waals surface area contributed by atoms with Gasteiger partial charge in [-0.3, -0.25) is 14.5 Å². The molecule has 0 saturated carbocycles. The van der Waals surface area contributed by atoms with E-state index in [0.717, 1.165) is 19.5 Å². The van der Waals surface area contributed by atoms with Crippen LogP contribution < -0.4 is 11.1 Å². The summed E-state index contributed by atoms with van der Waals surface area (Å²) in [6.45, 7) is 3.08. The second kappa shape index (κ2) is 6.44. The number of nitrogens with one attached hydrogen (secondary N) is 1. The van der Waals surface area contributed by atoms with E-state index in [9.17, 15) is 9.59 Å². The smallest absolute Gasteiger partial charge is 0.236 e. The van der Waals surface area contributed by atoms with Gasteiger partial charge in [-0.05, 0) is 6.42 Å². The molecule has 0 radical (unpaired) electrons. The number of carbonyl (C=O) groups excluding carboxylic acids is 2. The molecule has 0 spiro atoms. The fourth-order valence-electron chi connectivity index (χ4n) is 1.65. The number of hydrogen-bond acceptors (Lipinski definition) is 4. The highest BCUT2D eigenvalue weighted by atomic mass is 16.2. The maximum Gasteiger partial charge on any atom is 0.236 e. The van der Waals surface area contributed by atoms with Crippen molar-refractivity contribution in [2.24, 2.45) is 5.73 Å². The van der Waals surface area contributed by atoms with Crippen LogP contribution in [0.4, 0.5) is 0 Å². The minimum atomic E-state index is -0.0668. The summed E-state index contributed by atoms with van der Waals surface area (Å²) in [7, 11) is 1.79. The summed E-state index contributed by atoms with van der Waals surface area (Å²) >= 11 is 0. The van der Waals surface area contributed by atoms with E-state index in [1.165, 1.54) is 0 Å². The average Bonchev–Trinajstić information content (AvgIpc) is 2.39. The zero-order valence-electron chi connectivity index (χ0n) is 9.74. The van der Waals surface area contributed by atoms with Gasteiger partial charge in [0.05, 0.1) is 13.1 Å². The Morgan fingerprint density at radius 3 is 2.94 bits per heavy atom. The van der Waals surface area contributed by atoms with Gasteiger partial charge in [-0.2, -0.15) is 0 Å². The van der Waals surface area contributed by atoms with Gasteiger partial charge < -0.3 is 16.0 Å². The second-order valence-electron chi connectivity index (χ2n) is 4.02. The highest BCUT2D eigenvalue weighted by Gasteiger charge is 2.20. The molecule has 0 bridgehead atoms. The molecule has 0 atom stereocenters. The molecule has 0 aromatic rings. The molecule has 6 nitrogen and oxygen atoms in total. The summed E-state index contributed by atoms with van der Waals surface area (Å²) in [5.41, 5.74) is 5.29. The van der Waals surface area contributed by atoms with Crippen LogP contribution in [0.25, 0.3) is 0 Å². The van der Waals surface area contributed by atoms with Crippen LogP contribution in [0.15, 0.2) is 0 Å². The third-order valence-electron chi connectivity index (χ3n) is 2.59. The minimum Gasteiger partial charge on any atom is -0.354 e. The molecule has 1 fully saturated rings. The van der Waals surface area contributed by atoms with E-state index in [-0.39, 0.29) is 18.4 Å². The van der Waals surface area contributed by atoms with Gasteiger partial charge >= 0.3 is 0 Å². The third-order valence-corrected chi connectivity index (χ3v) is 2.59. The number of likely N-dealkylation sites (N-methyl/N-ethyl adjacent to an activating group) is 1. The minimum absolute atomic E-state index is 0.0668. The number of rotatable bonds is 4. The van der Waals surface area contributed by atoms with Crippen molar-refractivity contribution in [3.8, 4) is 0 Å². The van der Waals surface area contributed by atoms with Gasteiger partial charge in [-0.15, -0.1) is 0 Å². The van der Waals surface area contributed by atoms with Crippen LogP contribution in [0.3, 0.4) is 0 Å². The number of nitrogens with two attached hydrogens (primary N) is 1. The molecule has 1 heterocycles. The summed E-state index contributed by atoms with van der Waals surface area (Å²) in [5.74, 6) is 0.00641. The average molecular weight is 228 g/mol. The van der Waals surface area contributed by atoms with Crippen molar-refractivity contribution < 1.29 is 9.59 Å². The van der Waals surface area contributed by atoms with Crippen molar-refractivity contribution in [2.45, 2.75) is 6.42 Å². The van der Waals surface area contributed by atoms with Crippen LogP contribution in [0.2, 0.25) is 0 Å². The van der Waals surface area contributed by atoms with E-state index in [0.29, 0.717) is 19.6 Å². The Hall–Kier alpha value is -1.14. The molecule has 0 aromatic carbocycles. The first-order chi connectivity index (χ1) is 7.63. The van der Waals surface area contributed by atoms with Gasteiger partial charge in [-0.25, -0.2) is 0 Å². The Labute approximate surface area is 95.8 Å². The SMILES string of the molecule is CN1CCCN(CC(=O)NCCN)CC1=O. The molecule has 0 unspecified atom stereocenters. The molecule has 0 aromatic heterocycles. The lowest BCUT2D eigenvalue weighted by Crippen LogP contribution is -2.42. The van der Waals surface area contributed by atoms with Gasteiger partial charge in [-0.1, -0.05) is 0 Å². The van der Waals surface area contributed by atoms with Crippen LogP contribution in [0.5, 0.6) is 0 Å². The van der Waals surface area contributed by atoms with Gasteiger partial charge in [0.2, 0.25) is 11.8 Å². The summed E-state index contributed by atoms with van der Waals surface area (Å²) < 4.78 is 0. The Kier molecular flexibility index (Phi) is 5.21. The fraction of sp³-hybridized carbons (Fsp3) is 0.800. The topological polar surface area (TPSA) is 78.7 Å². The van der Waals surface area contributed by atoms with Crippen molar-refractivity contribution in [1.29, 1.82) is 0 Å². The molecule has 1 aliphatic rings. The molecule has 92 valence electrons. The summed E-state index contributed by atoms with van der Waals surface area (Å²) in [5, 5.41) is 2.70. The van der Waals surface area contributed by atoms with E-state index in [1.54, 1.807) is 11.9 Å². The van der Waals surface area contributed by atoms with Gasteiger partial charge in [0.25, 0.3) is 0 Å². The van der Waals surface area contributed by atoms with Crippen molar-refractivity contribution in [3.63, 3.8) is 0 Å². The molecular weight excluding hydrogens is 208 g/mol. The molecule has 16 heavy (non-hydrogen) atoms. The first-order valence-electron chi connectivity index (χ1n) is 5.56. The Balaban J connectivity index is 2.36. The van der Waals surface area contributed by atoms with Crippen LogP contribution in [-0.2, 0) is 9.59 Å². The summed E-state index contributed by atoms with van der Waals surface area (Å²) in [4.78, 5) is 26.6. The Bertz CT molecular complexity index is 257. The standard InChI is InChI=1S/C10H20N4O2/c1-13-5-2-6-14(8-10(13)16)7-9(15)12-4-3-11/h2-8,11H2,1H3,(H,12,15). The molecule has 0 aliphatic carbocycles. The highest BCUT2D eigenvalue weighted by molar-refractivity contribution is 5.81.